The highest BCUT2D eigenvalue weighted by Gasteiger charge is 2.41. The molecule has 4 N–H and O–H groups in total. The summed E-state index contributed by atoms with van der Waals surface area (Å²) in [7, 11) is 0. The van der Waals surface area contributed by atoms with Gasteiger partial charge in [-0.15, -0.1) is 0 Å². The molecule has 0 spiro atoms. The largest absolute Gasteiger partial charge is 0.478 e. The summed E-state index contributed by atoms with van der Waals surface area (Å²) in [4.78, 5) is 11.2. The highest BCUT2D eigenvalue weighted by molar-refractivity contribution is 6.00. The number of carboxylic acid groups (broad SMARTS) is 1. The molecular formula is C15H19FN2O2. The first-order valence-electron chi connectivity index (χ1n) is 7.13. The average molecular weight is 278 g/mol. The van der Waals surface area contributed by atoms with E-state index in [4.69, 9.17) is 5.73 Å². The summed E-state index contributed by atoms with van der Waals surface area (Å²) in [6, 6.07) is 2.68. The van der Waals surface area contributed by atoms with Gasteiger partial charge in [0.05, 0.1) is 11.4 Å². The number of halogens is 1. The number of hydrogen-bond donors (Lipinski definition) is 3. The molecule has 4 nitrogen and oxygen atoms in total. The number of carboxylic acids is 1. The first-order valence-corrected chi connectivity index (χ1v) is 7.13. The van der Waals surface area contributed by atoms with Crippen molar-refractivity contribution in [3.05, 3.63) is 23.5 Å². The van der Waals surface area contributed by atoms with E-state index in [2.05, 4.69) is 5.32 Å². The van der Waals surface area contributed by atoms with Crippen LogP contribution in [0.2, 0.25) is 0 Å². The highest BCUT2D eigenvalue weighted by Crippen LogP contribution is 2.49. The third-order valence-electron chi connectivity index (χ3n) is 4.39. The van der Waals surface area contributed by atoms with Crippen LogP contribution < -0.4 is 11.1 Å². The normalized spacial score (nSPS) is 18.3. The van der Waals surface area contributed by atoms with Gasteiger partial charge in [-0.05, 0) is 55.6 Å². The van der Waals surface area contributed by atoms with Crippen molar-refractivity contribution in [3.8, 4) is 0 Å². The molecule has 0 amide bonds. The van der Waals surface area contributed by atoms with Gasteiger partial charge in [0.1, 0.15) is 11.4 Å². The second-order valence-electron chi connectivity index (χ2n) is 5.91. The van der Waals surface area contributed by atoms with Gasteiger partial charge in [0, 0.05) is 6.54 Å². The standard InChI is InChI=1S/C15H19FN2O2/c16-11-5-6-12(13(14(11)17)15(19)20)18-7-10(8-1-2-8)9-3-4-9/h5-6,8-10,18H,1-4,7,17H2,(H,19,20). The van der Waals surface area contributed by atoms with Crippen LogP contribution in [0.1, 0.15) is 36.0 Å². The molecule has 0 atom stereocenters. The number of nitrogens with two attached hydrogens (primary N) is 1. The Kier molecular flexibility index (Phi) is 3.28. The first-order chi connectivity index (χ1) is 9.58. The molecule has 2 saturated carbocycles. The number of rotatable bonds is 6. The quantitative estimate of drug-likeness (QED) is 0.699. The lowest BCUT2D eigenvalue weighted by atomic mass is 9.97. The molecule has 0 radical (unpaired) electrons. The summed E-state index contributed by atoms with van der Waals surface area (Å²) < 4.78 is 13.4. The van der Waals surface area contributed by atoms with Crippen LogP contribution in [0.5, 0.6) is 0 Å². The van der Waals surface area contributed by atoms with Crippen molar-refractivity contribution in [2.75, 3.05) is 17.6 Å². The fourth-order valence-corrected chi connectivity index (χ4v) is 2.97. The molecule has 3 rings (SSSR count). The summed E-state index contributed by atoms with van der Waals surface area (Å²) in [6.45, 7) is 0.751. The Morgan fingerprint density at radius 2 is 1.95 bits per heavy atom. The molecule has 2 aliphatic carbocycles. The molecule has 108 valence electrons. The number of aromatic carboxylic acids is 1. The molecule has 2 fully saturated rings. The first kappa shape index (κ1) is 13.2. The summed E-state index contributed by atoms with van der Waals surface area (Å²) >= 11 is 0. The third kappa shape index (κ3) is 2.57. The monoisotopic (exact) mass is 278 g/mol. The molecule has 1 aromatic carbocycles. The van der Waals surface area contributed by atoms with Crippen LogP contribution >= 0.6 is 0 Å². The van der Waals surface area contributed by atoms with Crippen LogP contribution in [0.3, 0.4) is 0 Å². The number of anilines is 2. The van der Waals surface area contributed by atoms with E-state index in [1.54, 1.807) is 0 Å². The van der Waals surface area contributed by atoms with Crippen LogP contribution in [0.25, 0.3) is 0 Å². The maximum absolute atomic E-state index is 13.4. The Morgan fingerprint density at radius 3 is 2.45 bits per heavy atom. The summed E-state index contributed by atoms with van der Waals surface area (Å²) in [5.41, 5.74) is 5.51. The molecule has 0 aromatic heterocycles. The fourth-order valence-electron chi connectivity index (χ4n) is 2.97. The Hall–Kier alpha value is -1.78. The smallest absolute Gasteiger partial charge is 0.340 e. The van der Waals surface area contributed by atoms with Gasteiger partial charge in [-0.3, -0.25) is 0 Å². The second-order valence-corrected chi connectivity index (χ2v) is 5.91. The van der Waals surface area contributed by atoms with Crippen molar-refractivity contribution in [1.29, 1.82) is 0 Å². The van der Waals surface area contributed by atoms with Gasteiger partial charge in [0.15, 0.2) is 0 Å². The maximum Gasteiger partial charge on any atom is 0.340 e. The Bertz CT molecular complexity index is 527. The fraction of sp³-hybridized carbons (Fsp3) is 0.533. The molecule has 0 unspecified atom stereocenters. The van der Waals surface area contributed by atoms with Crippen LogP contribution in [-0.4, -0.2) is 17.6 Å². The number of nitrogens with one attached hydrogen (secondary N) is 1. The predicted octanol–water partition coefficient (Wildman–Crippen LogP) is 2.95. The zero-order valence-corrected chi connectivity index (χ0v) is 11.2. The van der Waals surface area contributed by atoms with E-state index in [1.165, 1.54) is 37.8 Å². The van der Waals surface area contributed by atoms with Gasteiger partial charge >= 0.3 is 5.97 Å². The number of hydrogen-bond acceptors (Lipinski definition) is 3. The molecule has 5 heteroatoms. The summed E-state index contributed by atoms with van der Waals surface area (Å²) in [6.07, 6.45) is 5.11. The van der Waals surface area contributed by atoms with Gasteiger partial charge in [0.2, 0.25) is 0 Å². The van der Waals surface area contributed by atoms with E-state index in [0.717, 1.165) is 18.4 Å². The van der Waals surface area contributed by atoms with Crippen molar-refractivity contribution in [2.24, 2.45) is 17.8 Å². The number of carbonyl (C=O) groups is 1. The minimum Gasteiger partial charge on any atom is -0.478 e. The summed E-state index contributed by atoms with van der Waals surface area (Å²) in [5, 5.41) is 12.4. The van der Waals surface area contributed by atoms with E-state index >= 15 is 0 Å². The van der Waals surface area contributed by atoms with Crippen molar-refractivity contribution in [2.45, 2.75) is 25.7 Å². The lowest BCUT2D eigenvalue weighted by Gasteiger charge is -2.18. The number of benzene rings is 1. The van der Waals surface area contributed by atoms with Crippen LogP contribution in [-0.2, 0) is 0 Å². The zero-order chi connectivity index (χ0) is 14.3. The minimum atomic E-state index is -1.20. The second kappa shape index (κ2) is 4.96. The van der Waals surface area contributed by atoms with Gasteiger partial charge in [0.25, 0.3) is 0 Å². The summed E-state index contributed by atoms with van der Waals surface area (Å²) in [5.74, 6) is 0.290. The van der Waals surface area contributed by atoms with Crippen LogP contribution in [0, 0.1) is 23.6 Å². The topological polar surface area (TPSA) is 75.3 Å². The molecular weight excluding hydrogens is 259 g/mol. The molecule has 0 aliphatic heterocycles. The molecule has 0 bridgehead atoms. The van der Waals surface area contributed by atoms with Crippen molar-refractivity contribution < 1.29 is 14.3 Å². The molecule has 0 saturated heterocycles. The van der Waals surface area contributed by atoms with Gasteiger partial charge in [-0.1, -0.05) is 0 Å². The van der Waals surface area contributed by atoms with Gasteiger partial charge in [-0.25, -0.2) is 9.18 Å². The Labute approximate surface area is 117 Å². The number of nitrogen functional groups attached to an aromatic ring is 1. The van der Waals surface area contributed by atoms with E-state index in [1.807, 2.05) is 0 Å². The van der Waals surface area contributed by atoms with E-state index < -0.39 is 11.8 Å². The van der Waals surface area contributed by atoms with Gasteiger partial charge in [-0.2, -0.15) is 0 Å². The lowest BCUT2D eigenvalue weighted by Crippen LogP contribution is -2.20. The van der Waals surface area contributed by atoms with Crippen LogP contribution in [0.4, 0.5) is 15.8 Å². The molecule has 20 heavy (non-hydrogen) atoms. The lowest BCUT2D eigenvalue weighted by molar-refractivity contribution is 0.0698. The maximum atomic E-state index is 13.4. The minimum absolute atomic E-state index is 0.157. The van der Waals surface area contributed by atoms with Gasteiger partial charge < -0.3 is 16.2 Å². The predicted molar refractivity (Wildman–Crippen MR) is 75.2 cm³/mol. The van der Waals surface area contributed by atoms with Crippen molar-refractivity contribution in [1.82, 2.24) is 0 Å². The Balaban J connectivity index is 1.76. The highest BCUT2D eigenvalue weighted by atomic mass is 19.1. The SMILES string of the molecule is Nc1c(F)ccc(NCC(C2CC2)C2CC2)c1C(=O)O. The Morgan fingerprint density at radius 1 is 1.35 bits per heavy atom. The zero-order valence-electron chi connectivity index (χ0n) is 11.2. The average Bonchev–Trinajstić information content (AvgIpc) is 3.26. The van der Waals surface area contributed by atoms with E-state index in [0.29, 0.717) is 11.6 Å². The third-order valence-corrected chi connectivity index (χ3v) is 4.39. The van der Waals surface area contributed by atoms with Crippen molar-refractivity contribution >= 4 is 17.3 Å². The van der Waals surface area contributed by atoms with Crippen LogP contribution in [0.15, 0.2) is 12.1 Å². The molecule has 2 aliphatic rings. The molecule has 1 aromatic rings. The van der Waals surface area contributed by atoms with E-state index in [9.17, 15) is 14.3 Å². The molecule has 0 heterocycles. The van der Waals surface area contributed by atoms with E-state index in [-0.39, 0.29) is 11.3 Å². The van der Waals surface area contributed by atoms with Crippen molar-refractivity contribution in [3.63, 3.8) is 0 Å².